The van der Waals surface area contributed by atoms with Crippen molar-refractivity contribution in [3.8, 4) is 5.75 Å². The Bertz CT molecular complexity index is 531. The van der Waals surface area contributed by atoms with E-state index in [1.54, 1.807) is 14.0 Å². The van der Waals surface area contributed by atoms with Crippen molar-refractivity contribution in [1.29, 1.82) is 0 Å². The van der Waals surface area contributed by atoms with Crippen molar-refractivity contribution in [3.63, 3.8) is 0 Å². The number of likely N-dealkylation sites (tertiary alicyclic amines) is 2. The summed E-state index contributed by atoms with van der Waals surface area (Å²) in [6.07, 6.45) is 2.35. The molecule has 114 valence electrons. The van der Waals surface area contributed by atoms with Crippen molar-refractivity contribution in [2.45, 2.75) is 26.3 Å². The highest BCUT2D eigenvalue weighted by Gasteiger charge is 2.43. The number of para-hydroxylation sites is 1. The zero-order chi connectivity index (χ0) is 14.9. The molecule has 2 saturated heterocycles. The van der Waals surface area contributed by atoms with E-state index < -0.39 is 0 Å². The first kappa shape index (κ1) is 14.4. The van der Waals surface area contributed by atoms with Crippen LogP contribution in [0.1, 0.15) is 25.3 Å². The lowest BCUT2D eigenvalue weighted by atomic mass is 9.86. The molecule has 2 aliphatic rings. The second-order valence-corrected chi connectivity index (χ2v) is 6.46. The van der Waals surface area contributed by atoms with Crippen molar-refractivity contribution < 1.29 is 9.53 Å². The molecule has 1 aromatic carbocycles. The lowest BCUT2D eigenvalue weighted by Gasteiger charge is -2.24. The minimum atomic E-state index is 0.218. The Morgan fingerprint density at radius 1 is 1.24 bits per heavy atom. The molecule has 4 nitrogen and oxygen atoms in total. The van der Waals surface area contributed by atoms with Gasteiger partial charge in [-0.3, -0.25) is 9.69 Å². The highest BCUT2D eigenvalue weighted by atomic mass is 16.5. The predicted octanol–water partition coefficient (Wildman–Crippen LogP) is 2.14. The number of nitrogens with zero attached hydrogens (tertiary/aromatic N) is 2. The second-order valence-electron chi connectivity index (χ2n) is 6.46. The second kappa shape index (κ2) is 5.68. The summed E-state index contributed by atoms with van der Waals surface area (Å²) in [6.45, 7) is 6.69. The molecule has 1 aromatic rings. The third kappa shape index (κ3) is 2.91. The average Bonchev–Trinajstić information content (AvgIpc) is 3.07. The van der Waals surface area contributed by atoms with Crippen LogP contribution in [0.5, 0.6) is 5.75 Å². The molecule has 0 aliphatic carbocycles. The van der Waals surface area contributed by atoms with Crippen LogP contribution in [0.4, 0.5) is 0 Å². The zero-order valence-electron chi connectivity index (χ0n) is 13.0. The largest absolute Gasteiger partial charge is 0.496 e. The maximum atomic E-state index is 11.5. The number of carbonyl (C=O) groups excluding carboxylic acids is 1. The molecule has 0 saturated carbocycles. The van der Waals surface area contributed by atoms with Crippen LogP contribution in [0.2, 0.25) is 0 Å². The van der Waals surface area contributed by atoms with Crippen LogP contribution in [0.15, 0.2) is 24.3 Å². The molecule has 0 N–H and O–H groups in total. The van der Waals surface area contributed by atoms with E-state index in [4.69, 9.17) is 4.74 Å². The molecule has 4 heteroatoms. The summed E-state index contributed by atoms with van der Waals surface area (Å²) >= 11 is 0. The van der Waals surface area contributed by atoms with Crippen molar-refractivity contribution >= 4 is 5.91 Å². The number of hydrogen-bond acceptors (Lipinski definition) is 3. The van der Waals surface area contributed by atoms with Crippen LogP contribution in [0, 0.1) is 5.41 Å². The van der Waals surface area contributed by atoms with E-state index in [1.165, 1.54) is 12.0 Å². The van der Waals surface area contributed by atoms with Gasteiger partial charge in [-0.15, -0.1) is 0 Å². The molecule has 2 aliphatic heterocycles. The predicted molar refractivity (Wildman–Crippen MR) is 82.2 cm³/mol. The molecule has 3 rings (SSSR count). The molecule has 2 fully saturated rings. The summed E-state index contributed by atoms with van der Waals surface area (Å²) in [5, 5.41) is 0. The van der Waals surface area contributed by atoms with Gasteiger partial charge in [0.05, 0.1) is 7.11 Å². The fourth-order valence-corrected chi connectivity index (χ4v) is 3.77. The highest BCUT2D eigenvalue weighted by molar-refractivity contribution is 5.73. The summed E-state index contributed by atoms with van der Waals surface area (Å²) < 4.78 is 5.44. The van der Waals surface area contributed by atoms with Crippen molar-refractivity contribution in [3.05, 3.63) is 29.8 Å². The Balaban J connectivity index is 1.64. The van der Waals surface area contributed by atoms with Gasteiger partial charge < -0.3 is 9.64 Å². The molecule has 0 radical (unpaired) electrons. The molecular formula is C17H24N2O2. The van der Waals surface area contributed by atoms with Gasteiger partial charge in [-0.05, 0) is 25.5 Å². The van der Waals surface area contributed by atoms with E-state index in [0.717, 1.165) is 44.9 Å². The Morgan fingerprint density at radius 3 is 2.71 bits per heavy atom. The number of rotatable bonds is 3. The van der Waals surface area contributed by atoms with Crippen molar-refractivity contribution in [2.75, 3.05) is 33.3 Å². The Kier molecular flexibility index (Phi) is 3.89. The first-order valence-corrected chi connectivity index (χ1v) is 7.72. The van der Waals surface area contributed by atoms with E-state index in [0.29, 0.717) is 5.41 Å². The summed E-state index contributed by atoms with van der Waals surface area (Å²) in [4.78, 5) is 16.0. The van der Waals surface area contributed by atoms with Gasteiger partial charge in [0.2, 0.25) is 5.91 Å². The molecule has 1 atom stereocenters. The molecule has 21 heavy (non-hydrogen) atoms. The normalized spacial score (nSPS) is 25.7. The Labute approximate surface area is 126 Å². The fourth-order valence-electron chi connectivity index (χ4n) is 3.77. The topological polar surface area (TPSA) is 32.8 Å². The number of amides is 1. The smallest absolute Gasteiger partial charge is 0.219 e. The quantitative estimate of drug-likeness (QED) is 0.854. The monoisotopic (exact) mass is 288 g/mol. The number of hydrogen-bond donors (Lipinski definition) is 0. The molecule has 0 unspecified atom stereocenters. The summed E-state index contributed by atoms with van der Waals surface area (Å²) in [7, 11) is 1.73. The molecule has 0 bridgehead atoms. The average molecular weight is 288 g/mol. The van der Waals surface area contributed by atoms with E-state index >= 15 is 0 Å². The standard InChI is InChI=1S/C17H24N2O2/c1-14(20)19-10-8-17(13-19)7-9-18(12-17)11-15-5-3-4-6-16(15)21-2/h3-6H,7-13H2,1-2H3/t17-/m1/s1. The van der Waals surface area contributed by atoms with Crippen LogP contribution >= 0.6 is 0 Å². The van der Waals surface area contributed by atoms with Gasteiger partial charge in [-0.25, -0.2) is 0 Å². The third-order valence-corrected chi connectivity index (χ3v) is 4.99. The summed E-state index contributed by atoms with van der Waals surface area (Å²) in [5.41, 5.74) is 1.58. The SMILES string of the molecule is COc1ccccc1CN1CC[C@@]2(CCN(C(C)=O)C2)C1. The first-order chi connectivity index (χ1) is 10.1. The van der Waals surface area contributed by atoms with Gasteiger partial charge in [0.25, 0.3) is 0 Å². The lowest BCUT2D eigenvalue weighted by Crippen LogP contribution is -2.32. The van der Waals surface area contributed by atoms with Crippen LogP contribution in [-0.4, -0.2) is 49.0 Å². The van der Waals surface area contributed by atoms with Crippen LogP contribution in [-0.2, 0) is 11.3 Å². The lowest BCUT2D eigenvalue weighted by molar-refractivity contribution is -0.128. The van der Waals surface area contributed by atoms with Crippen molar-refractivity contribution in [2.24, 2.45) is 5.41 Å². The highest BCUT2D eigenvalue weighted by Crippen LogP contribution is 2.40. The van der Waals surface area contributed by atoms with E-state index in [-0.39, 0.29) is 5.91 Å². The maximum absolute atomic E-state index is 11.5. The number of benzene rings is 1. The van der Waals surface area contributed by atoms with E-state index in [9.17, 15) is 4.79 Å². The molecule has 0 aromatic heterocycles. The van der Waals surface area contributed by atoms with Gasteiger partial charge in [0.1, 0.15) is 5.75 Å². The minimum Gasteiger partial charge on any atom is -0.496 e. The van der Waals surface area contributed by atoms with E-state index in [2.05, 4.69) is 17.0 Å². The van der Waals surface area contributed by atoms with Crippen LogP contribution < -0.4 is 4.74 Å². The summed E-state index contributed by atoms with van der Waals surface area (Å²) in [5.74, 6) is 1.19. The van der Waals surface area contributed by atoms with Gasteiger partial charge in [0, 0.05) is 44.1 Å². The van der Waals surface area contributed by atoms with Gasteiger partial charge in [-0.1, -0.05) is 18.2 Å². The van der Waals surface area contributed by atoms with E-state index in [1.807, 2.05) is 17.0 Å². The zero-order valence-corrected chi connectivity index (χ0v) is 13.0. The Morgan fingerprint density at radius 2 is 2.00 bits per heavy atom. The molecule has 1 spiro atoms. The van der Waals surface area contributed by atoms with Gasteiger partial charge in [0.15, 0.2) is 0 Å². The Hall–Kier alpha value is -1.55. The number of carbonyl (C=O) groups is 1. The maximum Gasteiger partial charge on any atom is 0.219 e. The third-order valence-electron chi connectivity index (χ3n) is 4.99. The van der Waals surface area contributed by atoms with Gasteiger partial charge >= 0.3 is 0 Å². The molecular weight excluding hydrogens is 264 g/mol. The first-order valence-electron chi connectivity index (χ1n) is 7.72. The van der Waals surface area contributed by atoms with Crippen LogP contribution in [0.25, 0.3) is 0 Å². The summed E-state index contributed by atoms with van der Waals surface area (Å²) in [6, 6.07) is 8.24. The van der Waals surface area contributed by atoms with Crippen LogP contribution in [0.3, 0.4) is 0 Å². The van der Waals surface area contributed by atoms with Crippen molar-refractivity contribution in [1.82, 2.24) is 9.80 Å². The molecule has 1 amide bonds. The van der Waals surface area contributed by atoms with Gasteiger partial charge in [-0.2, -0.15) is 0 Å². The number of methoxy groups -OCH3 is 1. The molecule has 2 heterocycles. The number of ether oxygens (including phenoxy) is 1. The minimum absolute atomic E-state index is 0.218. The fraction of sp³-hybridized carbons (Fsp3) is 0.588.